The van der Waals surface area contributed by atoms with Gasteiger partial charge < -0.3 is 19.4 Å². The highest BCUT2D eigenvalue weighted by atomic mass is 19.3. The summed E-state index contributed by atoms with van der Waals surface area (Å²) in [4.78, 5) is 0. The number of rotatable bonds is 3. The Balaban J connectivity index is 2.56. The molecule has 6 heteroatoms. The van der Waals surface area contributed by atoms with Crippen LogP contribution < -0.4 is 0 Å². The van der Waals surface area contributed by atoms with E-state index >= 15 is 0 Å². The lowest BCUT2D eigenvalue weighted by Crippen LogP contribution is -2.61. The second kappa shape index (κ2) is 4.06. The maximum absolute atomic E-state index is 12.2. The van der Waals surface area contributed by atoms with Crippen LogP contribution in [0.1, 0.15) is 0 Å². The normalized spacial score (nSPS) is 22.7. The number of nitrogens with zero attached hydrogens (tertiary/aromatic N) is 1. The van der Waals surface area contributed by atoms with Gasteiger partial charge in [0.2, 0.25) is 0 Å². The van der Waals surface area contributed by atoms with Crippen molar-refractivity contribution in [3.63, 3.8) is 0 Å². The first-order valence-electron chi connectivity index (χ1n) is 4.50. The van der Waals surface area contributed by atoms with Crippen molar-refractivity contribution >= 4 is 0 Å². The van der Waals surface area contributed by atoms with E-state index in [1.807, 2.05) is 0 Å². The molecule has 1 saturated heterocycles. The number of hydrogen-bond donors (Lipinski definition) is 2. The third kappa shape index (κ3) is 2.84. The molecule has 14 heavy (non-hydrogen) atoms. The molecule has 0 saturated carbocycles. The number of quaternary nitrogens is 1. The third-order valence-electron chi connectivity index (χ3n) is 2.51. The van der Waals surface area contributed by atoms with Crippen LogP contribution in [0.2, 0.25) is 0 Å². The van der Waals surface area contributed by atoms with Crippen molar-refractivity contribution in [1.29, 1.82) is 0 Å². The summed E-state index contributed by atoms with van der Waals surface area (Å²) in [6.45, 7) is 1.62. The van der Waals surface area contributed by atoms with Crippen LogP contribution in [-0.4, -0.2) is 66.8 Å². The molecule has 0 unspecified atom stereocenters. The number of likely N-dealkylation sites (N-methyl/N-ethyl adjacent to an activating group) is 1. The Hall–Kier alpha value is -0.300. The predicted octanol–water partition coefficient (Wildman–Crippen LogP) is -0.591. The van der Waals surface area contributed by atoms with Crippen LogP contribution in [0, 0.1) is 0 Å². The van der Waals surface area contributed by atoms with Crippen molar-refractivity contribution in [2.24, 2.45) is 0 Å². The molecule has 0 spiro atoms. The highest BCUT2D eigenvalue weighted by Crippen LogP contribution is 2.19. The molecule has 1 aliphatic heterocycles. The van der Waals surface area contributed by atoms with Crippen LogP contribution in [0.3, 0.4) is 0 Å². The van der Waals surface area contributed by atoms with Gasteiger partial charge in [-0.15, -0.1) is 0 Å². The smallest absolute Gasteiger partial charge is 0.297 e. The maximum atomic E-state index is 12.2. The van der Waals surface area contributed by atoms with Gasteiger partial charge in [0, 0.05) is 0 Å². The molecule has 0 aromatic carbocycles. The van der Waals surface area contributed by atoms with Gasteiger partial charge in [-0.1, -0.05) is 0 Å². The zero-order chi connectivity index (χ0) is 10.8. The van der Waals surface area contributed by atoms with Crippen LogP contribution in [0.25, 0.3) is 0 Å². The molecule has 1 rings (SSSR count). The fraction of sp³-hybridized carbons (Fsp3) is 1.00. The standard InChI is InChI=1S/C8H16F2NO3/c1-11(2-4-14-5-3-11)6-8(12,13)7(9)10/h7,12-13H,2-6H2,1H3/q+1. The van der Waals surface area contributed by atoms with Gasteiger partial charge in [-0.2, -0.15) is 0 Å². The van der Waals surface area contributed by atoms with Crippen LogP contribution in [0.4, 0.5) is 8.78 Å². The van der Waals surface area contributed by atoms with E-state index in [1.54, 1.807) is 7.05 Å². The van der Waals surface area contributed by atoms with E-state index in [4.69, 9.17) is 14.9 Å². The zero-order valence-corrected chi connectivity index (χ0v) is 8.12. The van der Waals surface area contributed by atoms with Crippen molar-refractivity contribution in [2.45, 2.75) is 12.2 Å². The molecule has 4 nitrogen and oxygen atoms in total. The molecule has 0 aromatic heterocycles. The summed E-state index contributed by atoms with van der Waals surface area (Å²) >= 11 is 0. The van der Waals surface area contributed by atoms with Crippen molar-refractivity contribution in [3.8, 4) is 0 Å². The maximum Gasteiger partial charge on any atom is 0.297 e. The van der Waals surface area contributed by atoms with Crippen molar-refractivity contribution in [3.05, 3.63) is 0 Å². The molecule has 0 aliphatic carbocycles. The van der Waals surface area contributed by atoms with Gasteiger partial charge in [-0.25, -0.2) is 8.78 Å². The lowest BCUT2D eigenvalue weighted by Gasteiger charge is -2.40. The van der Waals surface area contributed by atoms with Gasteiger partial charge in [0.15, 0.2) is 0 Å². The average Bonchev–Trinajstić information content (AvgIpc) is 2.03. The summed E-state index contributed by atoms with van der Waals surface area (Å²) < 4.78 is 29.7. The second-order valence-corrected chi connectivity index (χ2v) is 4.02. The fourth-order valence-corrected chi connectivity index (χ4v) is 1.57. The van der Waals surface area contributed by atoms with Crippen LogP contribution in [0.5, 0.6) is 0 Å². The SMILES string of the molecule is C[N+]1(CC(O)(O)C(F)F)CCOCC1. The van der Waals surface area contributed by atoms with Gasteiger partial charge in [0.05, 0.1) is 20.3 Å². The summed E-state index contributed by atoms with van der Waals surface area (Å²) in [5.41, 5.74) is 0. The Morgan fingerprint density at radius 1 is 1.36 bits per heavy atom. The number of aliphatic hydroxyl groups is 2. The van der Waals surface area contributed by atoms with Gasteiger partial charge in [0.1, 0.15) is 19.6 Å². The predicted molar refractivity (Wildman–Crippen MR) is 44.8 cm³/mol. The summed E-state index contributed by atoms with van der Waals surface area (Å²) in [6.07, 6.45) is -3.14. The number of alkyl halides is 2. The molecular weight excluding hydrogens is 196 g/mol. The monoisotopic (exact) mass is 212 g/mol. The lowest BCUT2D eigenvalue weighted by molar-refractivity contribution is -0.926. The highest BCUT2D eigenvalue weighted by Gasteiger charge is 2.44. The van der Waals surface area contributed by atoms with Crippen molar-refractivity contribution in [1.82, 2.24) is 0 Å². The number of halogens is 2. The van der Waals surface area contributed by atoms with Gasteiger partial charge in [0.25, 0.3) is 12.2 Å². The average molecular weight is 212 g/mol. The molecule has 1 aliphatic rings. The molecule has 0 aromatic rings. The van der Waals surface area contributed by atoms with Gasteiger partial charge in [-0.3, -0.25) is 0 Å². The van der Waals surface area contributed by atoms with Gasteiger partial charge >= 0.3 is 0 Å². The van der Waals surface area contributed by atoms with E-state index in [0.29, 0.717) is 26.3 Å². The molecule has 1 fully saturated rings. The fourth-order valence-electron chi connectivity index (χ4n) is 1.57. The quantitative estimate of drug-likeness (QED) is 0.485. The van der Waals surface area contributed by atoms with E-state index in [1.165, 1.54) is 0 Å². The first-order valence-corrected chi connectivity index (χ1v) is 4.50. The molecule has 0 amide bonds. The summed E-state index contributed by atoms with van der Waals surface area (Å²) in [6, 6.07) is 0. The van der Waals surface area contributed by atoms with E-state index in [2.05, 4.69) is 0 Å². The van der Waals surface area contributed by atoms with Gasteiger partial charge in [-0.05, 0) is 0 Å². The Morgan fingerprint density at radius 2 is 1.86 bits per heavy atom. The van der Waals surface area contributed by atoms with Crippen LogP contribution in [0.15, 0.2) is 0 Å². The molecule has 0 atom stereocenters. The number of ether oxygens (including phenoxy) is 1. The van der Waals surface area contributed by atoms with E-state index in [-0.39, 0.29) is 11.0 Å². The van der Waals surface area contributed by atoms with E-state index in [0.717, 1.165) is 0 Å². The lowest BCUT2D eigenvalue weighted by atomic mass is 10.2. The minimum absolute atomic E-state index is 0.206. The van der Waals surface area contributed by atoms with Crippen LogP contribution in [-0.2, 0) is 4.74 Å². The third-order valence-corrected chi connectivity index (χ3v) is 2.51. The first kappa shape index (κ1) is 11.8. The largest absolute Gasteiger partial charge is 0.370 e. The molecule has 1 heterocycles. The van der Waals surface area contributed by atoms with Crippen LogP contribution >= 0.6 is 0 Å². The Kier molecular flexibility index (Phi) is 3.41. The topological polar surface area (TPSA) is 49.7 Å². The molecule has 84 valence electrons. The minimum Gasteiger partial charge on any atom is -0.370 e. The number of hydrogen-bond acceptors (Lipinski definition) is 3. The summed E-state index contributed by atoms with van der Waals surface area (Å²) in [5, 5.41) is 18.1. The summed E-state index contributed by atoms with van der Waals surface area (Å²) in [7, 11) is 1.71. The Bertz CT molecular complexity index is 193. The Morgan fingerprint density at radius 3 is 2.29 bits per heavy atom. The van der Waals surface area contributed by atoms with E-state index < -0.39 is 12.2 Å². The van der Waals surface area contributed by atoms with E-state index in [9.17, 15) is 8.78 Å². The molecule has 2 N–H and O–H groups in total. The van der Waals surface area contributed by atoms with Crippen molar-refractivity contribution < 1.29 is 28.2 Å². The zero-order valence-electron chi connectivity index (χ0n) is 8.12. The Labute approximate surface area is 81.3 Å². The highest BCUT2D eigenvalue weighted by molar-refractivity contribution is 4.67. The second-order valence-electron chi connectivity index (χ2n) is 4.02. The van der Waals surface area contributed by atoms with Crippen molar-refractivity contribution in [2.75, 3.05) is 39.9 Å². The summed E-state index contributed by atoms with van der Waals surface area (Å²) in [5.74, 6) is -2.90. The molecule has 0 radical (unpaired) electrons. The first-order chi connectivity index (χ1) is 6.36. The minimum atomic E-state index is -3.14. The molecular formula is C8H16F2NO3+. The number of morpholine rings is 1. The molecule has 0 bridgehead atoms.